The summed E-state index contributed by atoms with van der Waals surface area (Å²) in [6.45, 7) is 0.938. The van der Waals surface area contributed by atoms with Crippen molar-refractivity contribution in [3.8, 4) is 0 Å². The summed E-state index contributed by atoms with van der Waals surface area (Å²) >= 11 is 2.18. The lowest BCUT2D eigenvalue weighted by Gasteiger charge is -2.15. The van der Waals surface area contributed by atoms with Crippen molar-refractivity contribution in [1.82, 2.24) is 4.98 Å². The summed E-state index contributed by atoms with van der Waals surface area (Å²) < 4.78 is 1.04. The van der Waals surface area contributed by atoms with Crippen LogP contribution in [-0.4, -0.2) is 24.0 Å². The predicted molar refractivity (Wildman–Crippen MR) is 71.4 cm³/mol. The zero-order valence-corrected chi connectivity index (χ0v) is 11.1. The largest absolute Gasteiger partial charge is 0.297 e. The number of amides is 1. The molecule has 0 radical (unpaired) electrons. The zero-order chi connectivity index (χ0) is 12.3. The highest BCUT2D eigenvalue weighted by Gasteiger charge is 2.30. The molecule has 6 nitrogen and oxygen atoms in total. The Labute approximate surface area is 112 Å². The molecule has 1 aliphatic heterocycles. The third-order valence-corrected chi connectivity index (χ3v) is 3.26. The Morgan fingerprint density at radius 2 is 2.53 bits per heavy atom. The Hall–Kier alpha value is -1.34. The van der Waals surface area contributed by atoms with Gasteiger partial charge in [0.2, 0.25) is 5.91 Å². The van der Waals surface area contributed by atoms with Gasteiger partial charge in [0.05, 0.1) is 0 Å². The van der Waals surface area contributed by atoms with Gasteiger partial charge in [0.15, 0.2) is 0 Å². The van der Waals surface area contributed by atoms with Crippen molar-refractivity contribution in [1.29, 1.82) is 0 Å². The molecule has 1 fully saturated rings. The molecule has 1 aliphatic rings. The van der Waals surface area contributed by atoms with Gasteiger partial charge in [-0.3, -0.25) is 9.69 Å². The minimum atomic E-state index is 0.0395. The zero-order valence-electron chi connectivity index (χ0n) is 8.95. The van der Waals surface area contributed by atoms with E-state index in [1.807, 2.05) is 12.1 Å². The third kappa shape index (κ3) is 2.86. The van der Waals surface area contributed by atoms with Gasteiger partial charge in [0.1, 0.15) is 5.82 Å². The van der Waals surface area contributed by atoms with E-state index < -0.39 is 0 Å². The van der Waals surface area contributed by atoms with Crippen LogP contribution in [0.2, 0.25) is 0 Å². The molecule has 0 bridgehead atoms. The molecule has 0 aromatic carbocycles. The van der Waals surface area contributed by atoms with Crippen LogP contribution in [0.4, 0.5) is 5.82 Å². The Kier molecular flexibility index (Phi) is 3.80. The van der Waals surface area contributed by atoms with Gasteiger partial charge in [-0.1, -0.05) is 5.11 Å². The fraction of sp³-hybridized carbons (Fsp3) is 0.400. The van der Waals surface area contributed by atoms with Crippen molar-refractivity contribution in [2.75, 3.05) is 18.0 Å². The van der Waals surface area contributed by atoms with E-state index in [-0.39, 0.29) is 11.8 Å². The van der Waals surface area contributed by atoms with Crippen LogP contribution in [0.25, 0.3) is 10.4 Å². The van der Waals surface area contributed by atoms with Crippen LogP contribution in [-0.2, 0) is 4.79 Å². The summed E-state index contributed by atoms with van der Waals surface area (Å²) in [7, 11) is 0. The van der Waals surface area contributed by atoms with Gasteiger partial charge in [-0.05, 0) is 46.2 Å². The number of carbonyl (C=O) groups excluding carboxylic acids is 1. The van der Waals surface area contributed by atoms with Crippen molar-refractivity contribution in [2.45, 2.75) is 6.42 Å². The first-order valence-corrected chi connectivity index (χ1v) is 6.21. The van der Waals surface area contributed by atoms with Crippen LogP contribution in [0.1, 0.15) is 6.42 Å². The van der Waals surface area contributed by atoms with E-state index in [4.69, 9.17) is 5.53 Å². The first-order valence-electron chi connectivity index (χ1n) is 5.13. The van der Waals surface area contributed by atoms with Crippen molar-refractivity contribution in [3.63, 3.8) is 0 Å². The van der Waals surface area contributed by atoms with Crippen LogP contribution < -0.4 is 4.90 Å². The molecule has 1 amide bonds. The fourth-order valence-corrected chi connectivity index (χ4v) is 2.26. The summed E-state index contributed by atoms with van der Waals surface area (Å²) in [5, 5.41) is 3.51. The van der Waals surface area contributed by atoms with E-state index in [1.165, 1.54) is 0 Å². The van der Waals surface area contributed by atoms with Gasteiger partial charge in [0.25, 0.3) is 0 Å². The average Bonchev–Trinajstić information content (AvgIpc) is 2.68. The van der Waals surface area contributed by atoms with Crippen molar-refractivity contribution < 1.29 is 4.79 Å². The number of carbonyl (C=O) groups is 1. The molecule has 2 heterocycles. The Bertz CT molecular complexity index is 485. The second-order valence-electron chi connectivity index (χ2n) is 3.82. The number of pyridine rings is 1. The smallest absolute Gasteiger partial charge is 0.228 e. The van der Waals surface area contributed by atoms with E-state index in [0.29, 0.717) is 25.3 Å². The molecule has 1 aromatic heterocycles. The van der Waals surface area contributed by atoms with Crippen LogP contribution in [0.15, 0.2) is 23.4 Å². The van der Waals surface area contributed by atoms with Crippen LogP contribution >= 0.6 is 22.6 Å². The highest BCUT2D eigenvalue weighted by Crippen LogP contribution is 2.24. The number of nitrogens with zero attached hydrogens (tertiary/aromatic N) is 5. The minimum Gasteiger partial charge on any atom is -0.297 e. The van der Waals surface area contributed by atoms with Crippen molar-refractivity contribution in [3.05, 3.63) is 32.3 Å². The van der Waals surface area contributed by atoms with Crippen LogP contribution in [0.3, 0.4) is 0 Å². The van der Waals surface area contributed by atoms with E-state index in [2.05, 4.69) is 37.6 Å². The van der Waals surface area contributed by atoms with Gasteiger partial charge >= 0.3 is 0 Å². The Morgan fingerprint density at radius 1 is 1.71 bits per heavy atom. The molecule has 0 spiro atoms. The minimum absolute atomic E-state index is 0.0395. The molecule has 2 rings (SSSR count). The molecule has 88 valence electrons. The van der Waals surface area contributed by atoms with E-state index in [9.17, 15) is 4.79 Å². The molecule has 1 saturated heterocycles. The second kappa shape index (κ2) is 5.33. The van der Waals surface area contributed by atoms with Gasteiger partial charge in [0, 0.05) is 34.2 Å². The van der Waals surface area contributed by atoms with Gasteiger partial charge < -0.3 is 0 Å². The van der Waals surface area contributed by atoms with Crippen LogP contribution in [0.5, 0.6) is 0 Å². The van der Waals surface area contributed by atoms with E-state index >= 15 is 0 Å². The fourth-order valence-electron chi connectivity index (χ4n) is 1.82. The summed E-state index contributed by atoms with van der Waals surface area (Å²) in [6.07, 6.45) is 2.11. The third-order valence-electron chi connectivity index (χ3n) is 2.59. The highest BCUT2D eigenvalue weighted by molar-refractivity contribution is 14.1. The molecule has 7 heteroatoms. The number of halogens is 1. The molecule has 17 heavy (non-hydrogen) atoms. The summed E-state index contributed by atoms with van der Waals surface area (Å²) in [6, 6.07) is 3.75. The highest BCUT2D eigenvalue weighted by atomic mass is 127. The van der Waals surface area contributed by atoms with E-state index in [0.717, 1.165) is 3.57 Å². The van der Waals surface area contributed by atoms with Gasteiger partial charge in [-0.2, -0.15) is 0 Å². The van der Waals surface area contributed by atoms with Crippen LogP contribution in [0, 0.1) is 9.49 Å². The maximum atomic E-state index is 11.8. The molecule has 0 aliphatic carbocycles. The lowest BCUT2D eigenvalue weighted by Crippen LogP contribution is -2.25. The molecule has 1 atom stereocenters. The standard InChI is InChI=1S/C10H10IN5O/c11-8-1-2-13-9(4-8)16-6-7(3-10(16)17)5-14-15-12/h1-2,4,7H,3,5-6H2. The predicted octanol–water partition coefficient (Wildman–Crippen LogP) is 2.35. The van der Waals surface area contributed by atoms with E-state index in [1.54, 1.807) is 11.1 Å². The monoisotopic (exact) mass is 343 g/mol. The topological polar surface area (TPSA) is 82.0 Å². The molecule has 1 aromatic rings. The quantitative estimate of drug-likeness (QED) is 0.365. The number of anilines is 1. The first-order chi connectivity index (χ1) is 8.20. The molecule has 0 N–H and O–H groups in total. The second-order valence-corrected chi connectivity index (χ2v) is 5.07. The lowest BCUT2D eigenvalue weighted by atomic mass is 10.1. The van der Waals surface area contributed by atoms with Gasteiger partial charge in [-0.15, -0.1) is 0 Å². The molecule has 1 unspecified atom stereocenters. The first kappa shape index (κ1) is 12.1. The SMILES string of the molecule is [N-]=[N+]=NCC1CC(=O)N(c2cc(I)ccn2)C1. The number of aromatic nitrogens is 1. The average molecular weight is 343 g/mol. The summed E-state index contributed by atoms with van der Waals surface area (Å²) in [5.74, 6) is 0.807. The normalized spacial score (nSPS) is 19.2. The molecular weight excluding hydrogens is 333 g/mol. The summed E-state index contributed by atoms with van der Waals surface area (Å²) in [5.41, 5.74) is 8.26. The van der Waals surface area contributed by atoms with Crippen molar-refractivity contribution >= 4 is 34.3 Å². The number of hydrogen-bond acceptors (Lipinski definition) is 3. The number of azide groups is 1. The maximum Gasteiger partial charge on any atom is 0.228 e. The Balaban J connectivity index is 2.12. The number of hydrogen-bond donors (Lipinski definition) is 0. The summed E-state index contributed by atoms with van der Waals surface area (Å²) in [4.78, 5) is 20.4. The number of rotatable bonds is 3. The van der Waals surface area contributed by atoms with Crippen molar-refractivity contribution in [2.24, 2.45) is 11.0 Å². The maximum absolute atomic E-state index is 11.8. The molecule has 0 saturated carbocycles. The van der Waals surface area contributed by atoms with Gasteiger partial charge in [-0.25, -0.2) is 4.98 Å². The Morgan fingerprint density at radius 3 is 3.24 bits per heavy atom. The molecular formula is C10H10IN5O. The lowest BCUT2D eigenvalue weighted by molar-refractivity contribution is -0.117.